The predicted molar refractivity (Wildman–Crippen MR) is 68.4 cm³/mol. The number of carbonyl (C=O) groups excluding carboxylic acids is 1. The second kappa shape index (κ2) is 7.74. The van der Waals surface area contributed by atoms with Crippen molar-refractivity contribution in [2.75, 3.05) is 13.2 Å². The molecule has 0 saturated heterocycles. The van der Waals surface area contributed by atoms with Gasteiger partial charge >= 0.3 is 5.97 Å². The molecule has 0 aromatic heterocycles. The average Bonchev–Trinajstić information content (AvgIpc) is 2.36. The largest absolute Gasteiger partial charge is 0.482 e. The van der Waals surface area contributed by atoms with Crippen molar-refractivity contribution in [3.05, 3.63) is 29.6 Å². The predicted octanol–water partition coefficient (Wildman–Crippen LogP) is 2.60. The van der Waals surface area contributed by atoms with Gasteiger partial charge in [-0.3, -0.25) is 0 Å². The third-order valence-electron chi connectivity index (χ3n) is 2.54. The van der Waals surface area contributed by atoms with Gasteiger partial charge in [0.1, 0.15) is 11.6 Å². The third kappa shape index (κ3) is 5.26. The summed E-state index contributed by atoms with van der Waals surface area (Å²) in [5.41, 5.74) is 0.192. The van der Waals surface area contributed by atoms with E-state index >= 15 is 0 Å². The fourth-order valence-electron chi connectivity index (χ4n) is 1.45. The van der Waals surface area contributed by atoms with Crippen LogP contribution < -0.4 is 4.74 Å². The van der Waals surface area contributed by atoms with Crippen molar-refractivity contribution >= 4 is 5.97 Å². The number of esters is 1. The van der Waals surface area contributed by atoms with Crippen LogP contribution in [0, 0.1) is 5.82 Å². The van der Waals surface area contributed by atoms with Crippen molar-refractivity contribution in [2.45, 2.75) is 32.8 Å². The van der Waals surface area contributed by atoms with Crippen LogP contribution in [0.5, 0.6) is 5.75 Å². The van der Waals surface area contributed by atoms with Crippen molar-refractivity contribution in [3.8, 4) is 5.75 Å². The molecule has 0 spiro atoms. The van der Waals surface area contributed by atoms with Crippen molar-refractivity contribution < 1.29 is 23.8 Å². The van der Waals surface area contributed by atoms with E-state index in [1.807, 2.05) is 6.92 Å². The maximum Gasteiger partial charge on any atom is 0.344 e. The lowest BCUT2D eigenvalue weighted by molar-refractivity contribution is -0.146. The Bertz CT molecular complexity index is 418. The van der Waals surface area contributed by atoms with Crippen LogP contribution in [0.3, 0.4) is 0 Å². The highest BCUT2D eigenvalue weighted by molar-refractivity contribution is 5.71. The SMILES string of the molecule is CCCCOC(=O)COc1ccc([C@@H](C)O)c(F)c1. The van der Waals surface area contributed by atoms with Gasteiger partial charge in [-0.05, 0) is 25.5 Å². The van der Waals surface area contributed by atoms with E-state index in [4.69, 9.17) is 9.47 Å². The number of aliphatic hydroxyl groups is 1. The summed E-state index contributed by atoms with van der Waals surface area (Å²) in [6, 6.07) is 4.07. The average molecular weight is 270 g/mol. The van der Waals surface area contributed by atoms with Crippen LogP contribution in [0.2, 0.25) is 0 Å². The molecule has 0 aliphatic rings. The molecule has 0 radical (unpaired) electrons. The summed E-state index contributed by atoms with van der Waals surface area (Å²) in [7, 11) is 0. The number of unbranched alkanes of at least 4 members (excludes halogenated alkanes) is 1. The van der Waals surface area contributed by atoms with E-state index in [1.54, 1.807) is 0 Å². The van der Waals surface area contributed by atoms with E-state index in [2.05, 4.69) is 0 Å². The normalized spacial score (nSPS) is 12.0. The molecule has 0 saturated carbocycles. The standard InChI is InChI=1S/C14H19FO4/c1-3-4-7-18-14(17)9-19-11-5-6-12(10(2)16)13(15)8-11/h5-6,8,10,16H,3-4,7,9H2,1-2H3/t10-/m1/s1. The molecule has 5 heteroatoms. The lowest BCUT2D eigenvalue weighted by Crippen LogP contribution is -2.15. The third-order valence-corrected chi connectivity index (χ3v) is 2.54. The zero-order valence-electron chi connectivity index (χ0n) is 11.2. The van der Waals surface area contributed by atoms with E-state index < -0.39 is 17.9 Å². The molecule has 1 N–H and O–H groups in total. The minimum absolute atomic E-state index is 0.192. The Labute approximate surface area is 112 Å². The summed E-state index contributed by atoms with van der Waals surface area (Å²) in [5, 5.41) is 9.28. The highest BCUT2D eigenvalue weighted by Gasteiger charge is 2.10. The van der Waals surface area contributed by atoms with Gasteiger partial charge in [0.15, 0.2) is 6.61 Å². The van der Waals surface area contributed by atoms with Gasteiger partial charge in [0.05, 0.1) is 12.7 Å². The Morgan fingerprint density at radius 2 is 2.21 bits per heavy atom. The van der Waals surface area contributed by atoms with E-state index in [0.717, 1.165) is 18.9 Å². The first-order valence-electron chi connectivity index (χ1n) is 6.30. The summed E-state index contributed by atoms with van der Waals surface area (Å²) in [5.74, 6) is -0.811. The minimum Gasteiger partial charge on any atom is -0.482 e. The van der Waals surface area contributed by atoms with E-state index in [9.17, 15) is 14.3 Å². The highest BCUT2D eigenvalue weighted by atomic mass is 19.1. The fraction of sp³-hybridized carbons (Fsp3) is 0.500. The minimum atomic E-state index is -0.881. The second-order valence-corrected chi connectivity index (χ2v) is 4.22. The quantitative estimate of drug-likeness (QED) is 0.611. The number of rotatable bonds is 7. The van der Waals surface area contributed by atoms with Gasteiger partial charge in [-0.1, -0.05) is 13.3 Å². The molecule has 1 aromatic carbocycles. The van der Waals surface area contributed by atoms with Gasteiger partial charge in [-0.25, -0.2) is 9.18 Å². The molecule has 0 amide bonds. The first-order chi connectivity index (χ1) is 9.04. The summed E-state index contributed by atoms with van der Waals surface area (Å²) in [4.78, 5) is 11.3. The monoisotopic (exact) mass is 270 g/mol. The molecule has 1 rings (SSSR count). The van der Waals surface area contributed by atoms with Crippen LogP contribution in [-0.4, -0.2) is 24.3 Å². The van der Waals surface area contributed by atoms with Crippen molar-refractivity contribution in [3.63, 3.8) is 0 Å². The molecule has 0 heterocycles. The first kappa shape index (κ1) is 15.4. The van der Waals surface area contributed by atoms with Crippen LogP contribution >= 0.6 is 0 Å². The molecule has 106 valence electrons. The molecular weight excluding hydrogens is 251 g/mol. The van der Waals surface area contributed by atoms with Crippen LogP contribution in [0.1, 0.15) is 38.4 Å². The first-order valence-corrected chi connectivity index (χ1v) is 6.30. The van der Waals surface area contributed by atoms with Crippen molar-refractivity contribution in [2.24, 2.45) is 0 Å². The molecule has 1 atom stereocenters. The summed E-state index contributed by atoms with van der Waals surface area (Å²) in [6.45, 7) is 3.59. The van der Waals surface area contributed by atoms with Crippen LogP contribution in [0.4, 0.5) is 4.39 Å². The Balaban J connectivity index is 2.45. The molecule has 19 heavy (non-hydrogen) atoms. The van der Waals surface area contributed by atoms with Crippen molar-refractivity contribution in [1.82, 2.24) is 0 Å². The van der Waals surface area contributed by atoms with Crippen LogP contribution in [0.25, 0.3) is 0 Å². The Hall–Kier alpha value is -1.62. The number of hydrogen-bond acceptors (Lipinski definition) is 4. The summed E-state index contributed by atoms with van der Waals surface area (Å²) < 4.78 is 23.5. The topological polar surface area (TPSA) is 55.8 Å². The van der Waals surface area contributed by atoms with E-state index in [0.29, 0.717) is 6.61 Å². The highest BCUT2D eigenvalue weighted by Crippen LogP contribution is 2.21. The van der Waals surface area contributed by atoms with E-state index in [1.165, 1.54) is 19.1 Å². The number of halogens is 1. The number of carbonyl (C=O) groups is 1. The zero-order chi connectivity index (χ0) is 14.3. The lowest BCUT2D eigenvalue weighted by Gasteiger charge is -2.09. The number of benzene rings is 1. The number of hydrogen-bond donors (Lipinski definition) is 1. The smallest absolute Gasteiger partial charge is 0.344 e. The number of aliphatic hydroxyl groups excluding tert-OH is 1. The van der Waals surface area contributed by atoms with Gasteiger partial charge in [0.25, 0.3) is 0 Å². The Kier molecular flexibility index (Phi) is 6.29. The molecule has 0 aliphatic carbocycles. The Morgan fingerprint density at radius 1 is 1.47 bits per heavy atom. The zero-order valence-corrected chi connectivity index (χ0v) is 11.2. The van der Waals surface area contributed by atoms with Crippen molar-refractivity contribution in [1.29, 1.82) is 0 Å². The molecule has 4 nitrogen and oxygen atoms in total. The lowest BCUT2D eigenvalue weighted by atomic mass is 10.1. The number of ether oxygens (including phenoxy) is 2. The van der Waals surface area contributed by atoms with Gasteiger partial charge in [0, 0.05) is 11.6 Å². The van der Waals surface area contributed by atoms with Crippen LogP contribution in [-0.2, 0) is 9.53 Å². The molecular formula is C14H19FO4. The van der Waals surface area contributed by atoms with Gasteiger partial charge in [0.2, 0.25) is 0 Å². The maximum atomic E-state index is 13.5. The summed E-state index contributed by atoms with van der Waals surface area (Å²) >= 11 is 0. The van der Waals surface area contributed by atoms with Crippen LogP contribution in [0.15, 0.2) is 18.2 Å². The fourth-order valence-corrected chi connectivity index (χ4v) is 1.45. The second-order valence-electron chi connectivity index (χ2n) is 4.22. The van der Waals surface area contributed by atoms with Gasteiger partial charge in [-0.15, -0.1) is 0 Å². The molecule has 0 fully saturated rings. The van der Waals surface area contributed by atoms with Gasteiger partial charge in [-0.2, -0.15) is 0 Å². The van der Waals surface area contributed by atoms with E-state index in [-0.39, 0.29) is 17.9 Å². The molecule has 1 aromatic rings. The summed E-state index contributed by atoms with van der Waals surface area (Å²) in [6.07, 6.45) is 0.872. The molecule has 0 bridgehead atoms. The molecule has 0 unspecified atom stereocenters. The van der Waals surface area contributed by atoms with Gasteiger partial charge < -0.3 is 14.6 Å². The molecule has 0 aliphatic heterocycles. The maximum absolute atomic E-state index is 13.5. The Morgan fingerprint density at radius 3 is 2.79 bits per heavy atom.